The van der Waals surface area contributed by atoms with Gasteiger partial charge in [0.2, 0.25) is 0 Å². The van der Waals surface area contributed by atoms with E-state index in [0.29, 0.717) is 16.7 Å². The van der Waals surface area contributed by atoms with E-state index in [1.165, 1.54) is 0 Å². The zero-order valence-electron chi connectivity index (χ0n) is 12.0. The number of ether oxygens (including phenoxy) is 2. The standard InChI is InChI=1S/C15H17ClN2O2/c1-5-12-9(2)14(16)18-15(17-12)11-8-10(19-3)6-7-13(11)20-4/h6-8H,5H2,1-4H3. The predicted molar refractivity (Wildman–Crippen MR) is 79.7 cm³/mol. The fourth-order valence-electron chi connectivity index (χ4n) is 1.99. The lowest BCUT2D eigenvalue weighted by Gasteiger charge is -2.12. The van der Waals surface area contributed by atoms with Gasteiger partial charge in [-0.2, -0.15) is 0 Å². The maximum atomic E-state index is 6.19. The van der Waals surface area contributed by atoms with E-state index < -0.39 is 0 Å². The number of benzene rings is 1. The number of halogens is 1. The maximum Gasteiger partial charge on any atom is 0.165 e. The molecule has 0 radical (unpaired) electrons. The Kier molecular flexibility index (Phi) is 4.45. The van der Waals surface area contributed by atoms with Crippen molar-refractivity contribution in [3.63, 3.8) is 0 Å². The highest BCUT2D eigenvalue weighted by atomic mass is 35.5. The summed E-state index contributed by atoms with van der Waals surface area (Å²) in [7, 11) is 3.23. The third-order valence-corrected chi connectivity index (χ3v) is 3.54. The largest absolute Gasteiger partial charge is 0.497 e. The summed E-state index contributed by atoms with van der Waals surface area (Å²) in [5.74, 6) is 1.96. The van der Waals surface area contributed by atoms with E-state index in [4.69, 9.17) is 21.1 Å². The lowest BCUT2D eigenvalue weighted by Crippen LogP contribution is -2.01. The van der Waals surface area contributed by atoms with E-state index in [1.807, 2.05) is 32.0 Å². The number of hydrogen-bond acceptors (Lipinski definition) is 4. The molecule has 0 N–H and O–H groups in total. The van der Waals surface area contributed by atoms with E-state index in [0.717, 1.165) is 29.0 Å². The molecule has 20 heavy (non-hydrogen) atoms. The van der Waals surface area contributed by atoms with Crippen LogP contribution in [0.15, 0.2) is 18.2 Å². The van der Waals surface area contributed by atoms with Crippen LogP contribution in [0.1, 0.15) is 18.2 Å². The van der Waals surface area contributed by atoms with Gasteiger partial charge in [0, 0.05) is 11.3 Å². The number of rotatable bonds is 4. The molecule has 0 spiro atoms. The summed E-state index contributed by atoms with van der Waals surface area (Å²) in [5.41, 5.74) is 2.62. The molecule has 0 saturated carbocycles. The van der Waals surface area contributed by atoms with Crippen molar-refractivity contribution in [1.82, 2.24) is 9.97 Å². The van der Waals surface area contributed by atoms with Gasteiger partial charge in [-0.25, -0.2) is 9.97 Å². The van der Waals surface area contributed by atoms with Crippen LogP contribution in [0.2, 0.25) is 5.15 Å². The van der Waals surface area contributed by atoms with Gasteiger partial charge in [-0.1, -0.05) is 18.5 Å². The third-order valence-electron chi connectivity index (χ3n) is 3.17. The van der Waals surface area contributed by atoms with Gasteiger partial charge in [-0.3, -0.25) is 0 Å². The van der Waals surface area contributed by atoms with Crippen molar-refractivity contribution < 1.29 is 9.47 Å². The molecule has 0 unspecified atom stereocenters. The summed E-state index contributed by atoms with van der Waals surface area (Å²) in [6, 6.07) is 5.51. The molecule has 0 fully saturated rings. The topological polar surface area (TPSA) is 44.2 Å². The Bertz CT molecular complexity index is 630. The lowest BCUT2D eigenvalue weighted by molar-refractivity contribution is 0.404. The third kappa shape index (κ3) is 2.70. The number of nitrogens with zero attached hydrogens (tertiary/aromatic N) is 2. The number of aryl methyl sites for hydroxylation is 1. The van der Waals surface area contributed by atoms with E-state index in [-0.39, 0.29) is 0 Å². The summed E-state index contributed by atoms with van der Waals surface area (Å²) >= 11 is 6.19. The second-order valence-electron chi connectivity index (χ2n) is 4.33. The summed E-state index contributed by atoms with van der Waals surface area (Å²) in [4.78, 5) is 8.93. The number of hydrogen-bond donors (Lipinski definition) is 0. The summed E-state index contributed by atoms with van der Waals surface area (Å²) in [5, 5.41) is 0.469. The molecule has 106 valence electrons. The quantitative estimate of drug-likeness (QED) is 0.806. The molecule has 5 heteroatoms. The Morgan fingerprint density at radius 2 is 1.90 bits per heavy atom. The average molecular weight is 293 g/mol. The van der Waals surface area contributed by atoms with Crippen molar-refractivity contribution >= 4 is 11.6 Å². The van der Waals surface area contributed by atoms with Gasteiger partial charge in [0.15, 0.2) is 5.82 Å². The summed E-state index contributed by atoms with van der Waals surface area (Å²) in [6.07, 6.45) is 0.799. The maximum absolute atomic E-state index is 6.19. The Balaban J connectivity index is 2.63. The van der Waals surface area contributed by atoms with E-state index >= 15 is 0 Å². The van der Waals surface area contributed by atoms with Gasteiger partial charge < -0.3 is 9.47 Å². The van der Waals surface area contributed by atoms with Gasteiger partial charge >= 0.3 is 0 Å². The zero-order valence-corrected chi connectivity index (χ0v) is 12.8. The normalized spacial score (nSPS) is 10.4. The average Bonchev–Trinajstić information content (AvgIpc) is 2.49. The monoisotopic (exact) mass is 292 g/mol. The van der Waals surface area contributed by atoms with Crippen LogP contribution in [-0.4, -0.2) is 24.2 Å². The minimum absolute atomic E-state index is 0.469. The van der Waals surface area contributed by atoms with Gasteiger partial charge in [-0.05, 0) is 31.5 Å². The highest BCUT2D eigenvalue weighted by Crippen LogP contribution is 2.32. The Morgan fingerprint density at radius 1 is 1.15 bits per heavy atom. The first-order valence-corrected chi connectivity index (χ1v) is 6.73. The van der Waals surface area contributed by atoms with Crippen molar-refractivity contribution in [2.45, 2.75) is 20.3 Å². The first-order chi connectivity index (χ1) is 9.60. The molecule has 0 aliphatic heterocycles. The van der Waals surface area contributed by atoms with Crippen LogP contribution < -0.4 is 9.47 Å². The van der Waals surface area contributed by atoms with Gasteiger partial charge in [0.1, 0.15) is 16.7 Å². The lowest BCUT2D eigenvalue weighted by atomic mass is 10.1. The van der Waals surface area contributed by atoms with E-state index in [9.17, 15) is 0 Å². The van der Waals surface area contributed by atoms with Crippen LogP contribution in [0.5, 0.6) is 11.5 Å². The van der Waals surface area contributed by atoms with Crippen LogP contribution >= 0.6 is 11.6 Å². The van der Waals surface area contributed by atoms with E-state index in [1.54, 1.807) is 14.2 Å². The second kappa shape index (κ2) is 6.09. The Labute approximate surface area is 123 Å². The minimum Gasteiger partial charge on any atom is -0.497 e. The van der Waals surface area contributed by atoms with Gasteiger partial charge in [-0.15, -0.1) is 0 Å². The Morgan fingerprint density at radius 3 is 2.50 bits per heavy atom. The fraction of sp³-hybridized carbons (Fsp3) is 0.333. The molecule has 2 aromatic rings. The highest BCUT2D eigenvalue weighted by Gasteiger charge is 2.14. The molecule has 0 atom stereocenters. The van der Waals surface area contributed by atoms with Crippen LogP contribution in [0.25, 0.3) is 11.4 Å². The van der Waals surface area contributed by atoms with Crippen LogP contribution in [0.3, 0.4) is 0 Å². The van der Waals surface area contributed by atoms with Crippen LogP contribution in [0, 0.1) is 6.92 Å². The summed E-state index contributed by atoms with van der Waals surface area (Å²) < 4.78 is 10.6. The first-order valence-electron chi connectivity index (χ1n) is 6.36. The molecule has 4 nitrogen and oxygen atoms in total. The molecule has 1 heterocycles. The van der Waals surface area contributed by atoms with E-state index in [2.05, 4.69) is 9.97 Å². The van der Waals surface area contributed by atoms with Crippen molar-refractivity contribution in [2.75, 3.05) is 14.2 Å². The van der Waals surface area contributed by atoms with Crippen molar-refractivity contribution in [3.05, 3.63) is 34.6 Å². The molecule has 0 saturated heterocycles. The fourth-order valence-corrected chi connectivity index (χ4v) is 2.18. The van der Waals surface area contributed by atoms with Crippen molar-refractivity contribution in [2.24, 2.45) is 0 Å². The van der Waals surface area contributed by atoms with Gasteiger partial charge in [0.25, 0.3) is 0 Å². The molecular formula is C15H17ClN2O2. The first kappa shape index (κ1) is 14.6. The molecule has 1 aromatic carbocycles. The molecule has 2 rings (SSSR count). The van der Waals surface area contributed by atoms with Crippen molar-refractivity contribution in [3.8, 4) is 22.9 Å². The number of aromatic nitrogens is 2. The highest BCUT2D eigenvalue weighted by molar-refractivity contribution is 6.30. The van der Waals surface area contributed by atoms with Crippen molar-refractivity contribution in [1.29, 1.82) is 0 Å². The molecule has 0 aliphatic carbocycles. The minimum atomic E-state index is 0.469. The molecule has 0 aliphatic rings. The molecule has 0 bridgehead atoms. The molecule has 0 amide bonds. The molecule has 1 aromatic heterocycles. The SMILES string of the molecule is CCc1nc(-c2cc(OC)ccc2OC)nc(Cl)c1C. The Hall–Kier alpha value is -1.81. The number of methoxy groups -OCH3 is 2. The van der Waals surface area contributed by atoms with Crippen LogP contribution in [-0.2, 0) is 6.42 Å². The summed E-state index contributed by atoms with van der Waals surface area (Å²) in [6.45, 7) is 3.96. The second-order valence-corrected chi connectivity index (χ2v) is 4.69. The molecular weight excluding hydrogens is 276 g/mol. The van der Waals surface area contributed by atoms with Crippen LogP contribution in [0.4, 0.5) is 0 Å². The predicted octanol–water partition coefficient (Wildman–Crippen LogP) is 3.69. The van der Waals surface area contributed by atoms with Gasteiger partial charge in [0.05, 0.1) is 19.8 Å². The zero-order chi connectivity index (χ0) is 14.7. The smallest absolute Gasteiger partial charge is 0.165 e.